The Bertz CT molecular complexity index is 336. The van der Waals surface area contributed by atoms with Crippen molar-refractivity contribution < 1.29 is 34.0 Å². The highest BCUT2D eigenvalue weighted by molar-refractivity contribution is 5.70. The summed E-state index contributed by atoms with van der Waals surface area (Å²) in [4.78, 5) is 21.7. The summed E-state index contributed by atoms with van der Waals surface area (Å²) in [5.41, 5.74) is 0. The van der Waals surface area contributed by atoms with Crippen molar-refractivity contribution in [1.29, 1.82) is 0 Å². The molecule has 0 aliphatic heterocycles. The van der Waals surface area contributed by atoms with Crippen LogP contribution in [0, 0.1) is 5.92 Å². The number of carbonyl (C=O) groups is 2. The van der Waals surface area contributed by atoms with E-state index in [2.05, 4.69) is 13.8 Å². The van der Waals surface area contributed by atoms with Gasteiger partial charge in [0, 0.05) is 26.2 Å². The Hall–Kier alpha value is -1.18. The number of rotatable bonds is 18. The summed E-state index contributed by atoms with van der Waals surface area (Å²) >= 11 is 0. The number of aliphatic carboxylic acids is 2. The molecule has 0 radical (unpaired) electrons. The van der Waals surface area contributed by atoms with Gasteiger partial charge < -0.3 is 24.4 Å². The summed E-state index contributed by atoms with van der Waals surface area (Å²) in [6.45, 7) is 5.96. The largest absolute Gasteiger partial charge is 0.481 e. The van der Waals surface area contributed by atoms with Crippen molar-refractivity contribution in [2.45, 2.75) is 71.5 Å². The molecule has 0 aliphatic rings. The van der Waals surface area contributed by atoms with Crippen LogP contribution in [0.15, 0.2) is 0 Å². The molecule has 25 heavy (non-hydrogen) atoms. The highest BCUT2D eigenvalue weighted by Crippen LogP contribution is 2.14. The second-order valence-corrected chi connectivity index (χ2v) is 6.06. The summed E-state index contributed by atoms with van der Waals surface area (Å²) in [5.74, 6) is -2.40. The summed E-state index contributed by atoms with van der Waals surface area (Å²) in [7, 11) is 0. The van der Waals surface area contributed by atoms with Gasteiger partial charge in [0.25, 0.3) is 0 Å². The second kappa shape index (κ2) is 16.3. The molecule has 0 heterocycles. The molecule has 0 aromatic carbocycles. The zero-order valence-electron chi connectivity index (χ0n) is 15.6. The monoisotopic (exact) mass is 362 g/mol. The van der Waals surface area contributed by atoms with E-state index in [-0.39, 0.29) is 19.6 Å². The van der Waals surface area contributed by atoms with Crippen molar-refractivity contribution >= 4 is 11.9 Å². The van der Waals surface area contributed by atoms with Crippen LogP contribution in [-0.2, 0) is 23.8 Å². The Morgan fingerprint density at radius 2 is 1.48 bits per heavy atom. The van der Waals surface area contributed by atoms with Crippen LogP contribution >= 0.6 is 0 Å². The highest BCUT2D eigenvalue weighted by Gasteiger charge is 2.18. The fraction of sp³-hybridized carbons (Fsp3) is 0.889. The molecule has 0 aliphatic carbocycles. The molecule has 0 saturated heterocycles. The first-order chi connectivity index (χ1) is 12.0. The smallest absolute Gasteiger partial charge is 0.306 e. The lowest BCUT2D eigenvalue weighted by atomic mass is 9.99. The first-order valence-electron chi connectivity index (χ1n) is 9.26. The molecule has 0 aromatic heterocycles. The van der Waals surface area contributed by atoms with Crippen LogP contribution in [0.5, 0.6) is 0 Å². The lowest BCUT2D eigenvalue weighted by Gasteiger charge is -2.19. The zero-order valence-corrected chi connectivity index (χ0v) is 15.6. The van der Waals surface area contributed by atoms with Crippen molar-refractivity contribution in [2.75, 3.05) is 26.4 Å². The summed E-state index contributed by atoms with van der Waals surface area (Å²) in [6.07, 6.45) is 4.61. The lowest BCUT2D eigenvalue weighted by molar-refractivity contribution is -0.174. The third kappa shape index (κ3) is 14.8. The molecule has 148 valence electrons. The fourth-order valence-electron chi connectivity index (χ4n) is 2.16. The standard InChI is InChI=1S/C18H34O7/c1-3-5-11-24-17(25-12-6-4-2)14-23-13-10-15(18(21)22)8-7-9-16(19)20/h15,17H,3-14H2,1-2H3,(H,19,20)(H,21,22). The van der Waals surface area contributed by atoms with Crippen molar-refractivity contribution in [1.82, 2.24) is 0 Å². The molecule has 7 nitrogen and oxygen atoms in total. The zero-order chi connectivity index (χ0) is 18.9. The molecular formula is C18H34O7. The lowest BCUT2D eigenvalue weighted by Crippen LogP contribution is -2.26. The Labute approximate surface area is 150 Å². The maximum atomic E-state index is 11.2. The summed E-state index contributed by atoms with van der Waals surface area (Å²) in [6, 6.07) is 0. The fourth-order valence-corrected chi connectivity index (χ4v) is 2.16. The van der Waals surface area contributed by atoms with E-state index < -0.39 is 24.1 Å². The van der Waals surface area contributed by atoms with Gasteiger partial charge in [-0.2, -0.15) is 0 Å². The van der Waals surface area contributed by atoms with Crippen LogP contribution in [0.3, 0.4) is 0 Å². The van der Waals surface area contributed by atoms with Gasteiger partial charge >= 0.3 is 11.9 Å². The van der Waals surface area contributed by atoms with Crippen LogP contribution in [-0.4, -0.2) is 54.9 Å². The van der Waals surface area contributed by atoms with Gasteiger partial charge in [-0.15, -0.1) is 0 Å². The predicted molar refractivity (Wildman–Crippen MR) is 93.6 cm³/mol. The van der Waals surface area contributed by atoms with Crippen LogP contribution in [0.4, 0.5) is 0 Å². The van der Waals surface area contributed by atoms with Crippen LogP contribution in [0.1, 0.15) is 65.2 Å². The predicted octanol–water partition coefficient (Wildman–Crippen LogP) is 3.31. The van der Waals surface area contributed by atoms with Crippen LogP contribution in [0.2, 0.25) is 0 Å². The minimum absolute atomic E-state index is 0.0107. The molecule has 0 rings (SSSR count). The van der Waals surface area contributed by atoms with Crippen LogP contribution < -0.4 is 0 Å². The first-order valence-corrected chi connectivity index (χ1v) is 9.26. The molecule has 0 aromatic rings. The van der Waals surface area contributed by atoms with Gasteiger partial charge in [0.05, 0.1) is 12.5 Å². The van der Waals surface area contributed by atoms with Gasteiger partial charge in [-0.3, -0.25) is 9.59 Å². The van der Waals surface area contributed by atoms with Crippen molar-refractivity contribution in [3.63, 3.8) is 0 Å². The number of hydrogen-bond donors (Lipinski definition) is 2. The molecule has 1 unspecified atom stereocenters. The molecule has 0 saturated carbocycles. The minimum atomic E-state index is -0.913. The van der Waals surface area contributed by atoms with Gasteiger partial charge in [-0.05, 0) is 32.1 Å². The number of carboxylic acids is 2. The molecule has 0 fully saturated rings. The quantitative estimate of drug-likeness (QED) is 0.285. The number of ether oxygens (including phenoxy) is 3. The molecule has 7 heteroatoms. The van der Waals surface area contributed by atoms with E-state index in [0.717, 1.165) is 25.7 Å². The van der Waals surface area contributed by atoms with Crippen molar-refractivity contribution in [3.05, 3.63) is 0 Å². The van der Waals surface area contributed by atoms with E-state index in [9.17, 15) is 14.7 Å². The Balaban J connectivity index is 4.06. The van der Waals surface area contributed by atoms with Crippen molar-refractivity contribution in [2.24, 2.45) is 5.92 Å². The Kier molecular flexibility index (Phi) is 15.5. The Morgan fingerprint density at radius 3 is 1.96 bits per heavy atom. The maximum Gasteiger partial charge on any atom is 0.306 e. The summed E-state index contributed by atoms with van der Waals surface area (Å²) < 4.78 is 16.8. The minimum Gasteiger partial charge on any atom is -0.481 e. The molecule has 2 N–H and O–H groups in total. The molecule has 1 atom stereocenters. The topological polar surface area (TPSA) is 102 Å². The maximum absolute atomic E-state index is 11.2. The van der Waals surface area contributed by atoms with E-state index in [4.69, 9.17) is 19.3 Å². The third-order valence-electron chi connectivity index (χ3n) is 3.76. The number of unbranched alkanes of at least 4 members (excludes halogenated alkanes) is 2. The average Bonchev–Trinajstić information content (AvgIpc) is 2.56. The second-order valence-electron chi connectivity index (χ2n) is 6.06. The number of hydrogen-bond acceptors (Lipinski definition) is 5. The normalized spacial score (nSPS) is 12.4. The van der Waals surface area contributed by atoms with Gasteiger partial charge in [-0.1, -0.05) is 26.7 Å². The van der Waals surface area contributed by atoms with E-state index in [0.29, 0.717) is 32.5 Å². The highest BCUT2D eigenvalue weighted by atomic mass is 16.7. The average molecular weight is 362 g/mol. The SMILES string of the molecule is CCCCOC(COCCC(CCCC(=O)O)C(=O)O)OCCCC. The van der Waals surface area contributed by atoms with Gasteiger partial charge in [0.15, 0.2) is 6.29 Å². The number of carboxylic acid groups (broad SMARTS) is 2. The van der Waals surface area contributed by atoms with Crippen LogP contribution in [0.25, 0.3) is 0 Å². The van der Waals surface area contributed by atoms with E-state index in [1.807, 2.05) is 0 Å². The van der Waals surface area contributed by atoms with Gasteiger partial charge in [-0.25, -0.2) is 0 Å². The van der Waals surface area contributed by atoms with E-state index >= 15 is 0 Å². The van der Waals surface area contributed by atoms with E-state index in [1.165, 1.54) is 0 Å². The molecular weight excluding hydrogens is 328 g/mol. The van der Waals surface area contributed by atoms with E-state index in [1.54, 1.807) is 0 Å². The van der Waals surface area contributed by atoms with Crippen molar-refractivity contribution in [3.8, 4) is 0 Å². The molecule has 0 bridgehead atoms. The third-order valence-corrected chi connectivity index (χ3v) is 3.76. The molecule has 0 spiro atoms. The summed E-state index contributed by atoms with van der Waals surface area (Å²) in [5, 5.41) is 17.8. The first kappa shape index (κ1) is 23.8. The Morgan fingerprint density at radius 1 is 0.880 bits per heavy atom. The van der Waals surface area contributed by atoms with Gasteiger partial charge in [0.2, 0.25) is 0 Å². The molecule has 0 amide bonds. The van der Waals surface area contributed by atoms with Gasteiger partial charge in [0.1, 0.15) is 0 Å².